The van der Waals surface area contributed by atoms with Gasteiger partial charge in [-0.15, -0.1) is 0 Å². The third kappa shape index (κ3) is 3.31. The molecule has 2 rings (SSSR count). The van der Waals surface area contributed by atoms with Crippen LogP contribution in [0.25, 0.3) is 0 Å². The summed E-state index contributed by atoms with van der Waals surface area (Å²) in [5, 5.41) is 0. The fourth-order valence-corrected chi connectivity index (χ4v) is 4.17. The van der Waals surface area contributed by atoms with Gasteiger partial charge in [0.1, 0.15) is 10.5 Å². The summed E-state index contributed by atoms with van der Waals surface area (Å²) in [5.74, 6) is -0.636. The zero-order valence-corrected chi connectivity index (χ0v) is 15.3. The summed E-state index contributed by atoms with van der Waals surface area (Å²) < 4.78 is 35.1. The van der Waals surface area contributed by atoms with Crippen molar-refractivity contribution in [2.24, 2.45) is 7.05 Å². The molecule has 0 unspecified atom stereocenters. The highest BCUT2D eigenvalue weighted by Gasteiger charge is 2.31. The van der Waals surface area contributed by atoms with Crippen LogP contribution in [0.4, 0.5) is 5.69 Å². The maximum atomic E-state index is 12.9. The Hall–Kier alpha value is -2.28. The minimum atomic E-state index is -3.93. The van der Waals surface area contributed by atoms with Gasteiger partial charge in [-0.3, -0.25) is 4.72 Å². The summed E-state index contributed by atoms with van der Waals surface area (Å²) in [6, 6.07) is 7.04. The highest BCUT2D eigenvalue weighted by Crippen LogP contribution is 2.28. The van der Waals surface area contributed by atoms with E-state index in [4.69, 9.17) is 4.74 Å². The predicted octanol–water partition coefficient (Wildman–Crippen LogP) is 2.93. The molecule has 1 N–H and O–H groups in total. The normalized spacial score (nSPS) is 11.4. The highest BCUT2D eigenvalue weighted by molar-refractivity contribution is 7.92. The van der Waals surface area contributed by atoms with E-state index in [2.05, 4.69) is 4.72 Å². The molecule has 0 spiro atoms. The lowest BCUT2D eigenvalue weighted by molar-refractivity contribution is 0.0521. The number of aromatic nitrogens is 1. The van der Waals surface area contributed by atoms with Crippen LogP contribution in [-0.4, -0.2) is 25.6 Å². The molecule has 0 saturated carbocycles. The van der Waals surface area contributed by atoms with E-state index in [9.17, 15) is 13.2 Å². The second kappa shape index (κ2) is 6.68. The van der Waals surface area contributed by atoms with Crippen LogP contribution in [0.3, 0.4) is 0 Å². The van der Waals surface area contributed by atoms with Gasteiger partial charge in [0.05, 0.1) is 6.61 Å². The zero-order valence-electron chi connectivity index (χ0n) is 14.5. The van der Waals surface area contributed by atoms with Gasteiger partial charge in [0.15, 0.2) is 0 Å². The van der Waals surface area contributed by atoms with E-state index in [1.165, 1.54) is 0 Å². The van der Waals surface area contributed by atoms with Crippen LogP contribution >= 0.6 is 0 Å². The third-order valence-corrected chi connectivity index (χ3v) is 5.48. The fraction of sp³-hybridized carbons (Fsp3) is 0.353. The number of esters is 1. The number of aryl methyl sites for hydroxylation is 1. The number of benzene rings is 1. The number of hydrogen-bond acceptors (Lipinski definition) is 4. The maximum Gasteiger partial charge on any atom is 0.341 e. The maximum absolute atomic E-state index is 12.9. The van der Waals surface area contributed by atoms with E-state index < -0.39 is 16.0 Å². The van der Waals surface area contributed by atoms with Gasteiger partial charge in [0.2, 0.25) is 0 Å². The standard InChI is InChI=1S/C17H22N2O4S/c1-6-23-17(20)15-12(3)19(5)13(4)16(15)24(21,22)18-14-9-7-8-11(2)10-14/h7-10,18H,6H2,1-5H3. The molecule has 1 aromatic carbocycles. The number of carbonyl (C=O) groups is 1. The molecule has 0 aliphatic rings. The van der Waals surface area contributed by atoms with Crippen molar-refractivity contribution < 1.29 is 17.9 Å². The quantitative estimate of drug-likeness (QED) is 0.841. The molecule has 130 valence electrons. The Morgan fingerprint density at radius 3 is 2.46 bits per heavy atom. The van der Waals surface area contributed by atoms with Gasteiger partial charge < -0.3 is 9.30 Å². The molecular weight excluding hydrogens is 328 g/mol. The number of sulfonamides is 1. The summed E-state index contributed by atoms with van der Waals surface area (Å²) in [4.78, 5) is 12.2. The molecule has 0 bridgehead atoms. The molecule has 24 heavy (non-hydrogen) atoms. The number of anilines is 1. The molecule has 1 heterocycles. The van der Waals surface area contributed by atoms with Crippen molar-refractivity contribution in [2.75, 3.05) is 11.3 Å². The molecule has 0 aliphatic heterocycles. The largest absolute Gasteiger partial charge is 0.462 e. The first-order valence-corrected chi connectivity index (χ1v) is 9.09. The summed E-state index contributed by atoms with van der Waals surface area (Å²) in [6.07, 6.45) is 0. The van der Waals surface area contributed by atoms with Crippen LogP contribution in [0.5, 0.6) is 0 Å². The van der Waals surface area contributed by atoms with Crippen molar-refractivity contribution in [3.63, 3.8) is 0 Å². The van der Waals surface area contributed by atoms with Gasteiger partial charge in [-0.2, -0.15) is 0 Å². The fourth-order valence-electron chi connectivity index (χ4n) is 2.60. The van der Waals surface area contributed by atoms with Gasteiger partial charge in [0, 0.05) is 24.1 Å². The molecule has 2 aromatic rings. The lowest BCUT2D eigenvalue weighted by Crippen LogP contribution is -2.18. The lowest BCUT2D eigenvalue weighted by atomic mass is 10.2. The summed E-state index contributed by atoms with van der Waals surface area (Å²) in [5.41, 5.74) is 2.50. The number of carbonyl (C=O) groups excluding carboxylic acids is 1. The summed E-state index contributed by atoms with van der Waals surface area (Å²) >= 11 is 0. The first-order valence-electron chi connectivity index (χ1n) is 7.61. The first kappa shape index (κ1) is 18.1. The Morgan fingerprint density at radius 1 is 1.21 bits per heavy atom. The second-order valence-electron chi connectivity index (χ2n) is 5.63. The molecule has 0 aliphatic carbocycles. The smallest absolute Gasteiger partial charge is 0.341 e. The SMILES string of the molecule is CCOC(=O)c1c(S(=O)(=O)Nc2cccc(C)c2)c(C)n(C)c1C. The average molecular weight is 350 g/mol. The molecule has 0 radical (unpaired) electrons. The van der Waals surface area contributed by atoms with Crippen LogP contribution in [0.1, 0.15) is 34.2 Å². The minimum absolute atomic E-state index is 0.0394. The van der Waals surface area contributed by atoms with E-state index in [0.29, 0.717) is 17.1 Å². The molecule has 0 fully saturated rings. The summed E-state index contributed by atoms with van der Waals surface area (Å²) in [6.45, 7) is 7.10. The third-order valence-electron chi connectivity index (χ3n) is 3.94. The zero-order chi connectivity index (χ0) is 18.1. The molecule has 0 saturated heterocycles. The van der Waals surface area contributed by atoms with Gasteiger partial charge in [-0.1, -0.05) is 12.1 Å². The van der Waals surface area contributed by atoms with Crippen LogP contribution in [0, 0.1) is 20.8 Å². The van der Waals surface area contributed by atoms with Gasteiger partial charge in [0.25, 0.3) is 10.0 Å². The topological polar surface area (TPSA) is 77.4 Å². The van der Waals surface area contributed by atoms with E-state index in [-0.39, 0.29) is 17.1 Å². The number of ether oxygens (including phenoxy) is 1. The molecule has 0 atom stereocenters. The monoisotopic (exact) mass is 350 g/mol. The summed E-state index contributed by atoms with van der Waals surface area (Å²) in [7, 11) is -2.21. The first-order chi connectivity index (χ1) is 11.2. The molecular formula is C17H22N2O4S. The minimum Gasteiger partial charge on any atom is -0.462 e. The van der Waals surface area contributed by atoms with Crippen molar-refractivity contribution in [1.29, 1.82) is 0 Å². The Labute approximate surface area is 142 Å². The molecule has 0 amide bonds. The van der Waals surface area contributed by atoms with E-state index >= 15 is 0 Å². The van der Waals surface area contributed by atoms with Crippen LogP contribution in [0.15, 0.2) is 29.2 Å². The molecule has 7 heteroatoms. The highest BCUT2D eigenvalue weighted by atomic mass is 32.2. The van der Waals surface area contributed by atoms with E-state index in [0.717, 1.165) is 5.56 Å². The van der Waals surface area contributed by atoms with Crippen LogP contribution < -0.4 is 4.72 Å². The number of hydrogen-bond donors (Lipinski definition) is 1. The Morgan fingerprint density at radius 2 is 1.88 bits per heavy atom. The average Bonchev–Trinajstić information content (AvgIpc) is 2.72. The van der Waals surface area contributed by atoms with Crippen molar-refractivity contribution in [1.82, 2.24) is 4.57 Å². The van der Waals surface area contributed by atoms with Crippen molar-refractivity contribution in [3.8, 4) is 0 Å². The van der Waals surface area contributed by atoms with Gasteiger partial charge in [-0.25, -0.2) is 13.2 Å². The Kier molecular flexibility index (Phi) is 5.03. The van der Waals surface area contributed by atoms with Crippen molar-refractivity contribution in [2.45, 2.75) is 32.6 Å². The van der Waals surface area contributed by atoms with Crippen molar-refractivity contribution in [3.05, 3.63) is 46.8 Å². The van der Waals surface area contributed by atoms with Crippen LogP contribution in [0.2, 0.25) is 0 Å². The van der Waals surface area contributed by atoms with E-state index in [1.807, 2.05) is 13.0 Å². The van der Waals surface area contributed by atoms with E-state index in [1.54, 1.807) is 50.6 Å². The Balaban J connectivity index is 2.57. The molecule has 6 nitrogen and oxygen atoms in total. The van der Waals surface area contributed by atoms with Crippen LogP contribution in [-0.2, 0) is 21.8 Å². The predicted molar refractivity (Wildman–Crippen MR) is 92.8 cm³/mol. The van der Waals surface area contributed by atoms with Gasteiger partial charge in [-0.05, 0) is 45.4 Å². The number of nitrogens with zero attached hydrogens (tertiary/aromatic N) is 1. The number of rotatable bonds is 5. The second-order valence-corrected chi connectivity index (χ2v) is 7.25. The lowest BCUT2D eigenvalue weighted by Gasteiger charge is -2.11. The van der Waals surface area contributed by atoms with Crippen molar-refractivity contribution >= 4 is 21.7 Å². The van der Waals surface area contributed by atoms with Gasteiger partial charge >= 0.3 is 5.97 Å². The Bertz CT molecular complexity index is 882. The number of nitrogens with one attached hydrogen (secondary N) is 1. The molecule has 1 aromatic heterocycles.